The highest BCUT2D eigenvalue weighted by molar-refractivity contribution is 6.01. The summed E-state index contributed by atoms with van der Waals surface area (Å²) in [6, 6.07) is 8.91. The largest absolute Gasteiger partial charge is 0.493 e. The molecule has 0 aromatic heterocycles. The summed E-state index contributed by atoms with van der Waals surface area (Å²) in [7, 11) is 0. The maximum atomic E-state index is 12.4. The Kier molecular flexibility index (Phi) is 7.22. The van der Waals surface area contributed by atoms with Crippen molar-refractivity contribution in [3.63, 3.8) is 0 Å². The second-order valence-electron chi connectivity index (χ2n) is 6.57. The highest BCUT2D eigenvalue weighted by Crippen LogP contribution is 2.24. The van der Waals surface area contributed by atoms with Crippen LogP contribution in [0.4, 0.5) is 0 Å². The van der Waals surface area contributed by atoms with Gasteiger partial charge >= 0.3 is 5.97 Å². The highest BCUT2D eigenvalue weighted by Gasteiger charge is 2.23. The number of hydrogen-bond acceptors (Lipinski definition) is 4. The van der Waals surface area contributed by atoms with Crippen molar-refractivity contribution in [3.8, 4) is 11.8 Å². The summed E-state index contributed by atoms with van der Waals surface area (Å²) < 4.78 is 5.32. The van der Waals surface area contributed by atoms with E-state index in [1.54, 1.807) is 30.3 Å². The van der Waals surface area contributed by atoms with E-state index in [-0.39, 0.29) is 30.5 Å². The molecule has 1 fully saturated rings. The van der Waals surface area contributed by atoms with Gasteiger partial charge < -0.3 is 15.2 Å². The summed E-state index contributed by atoms with van der Waals surface area (Å²) in [5.74, 6) is -0.285. The number of ether oxygens (including phenoxy) is 1. The lowest BCUT2D eigenvalue weighted by molar-refractivity contribution is -0.137. The van der Waals surface area contributed by atoms with E-state index in [0.29, 0.717) is 17.2 Å². The number of rotatable bonds is 7. The van der Waals surface area contributed by atoms with Crippen LogP contribution in [0, 0.1) is 17.2 Å². The van der Waals surface area contributed by atoms with Gasteiger partial charge in [0, 0.05) is 6.04 Å². The molecule has 26 heavy (non-hydrogen) atoms. The van der Waals surface area contributed by atoms with Crippen molar-refractivity contribution in [2.75, 3.05) is 6.61 Å². The van der Waals surface area contributed by atoms with Crippen LogP contribution in [0.25, 0.3) is 6.08 Å². The van der Waals surface area contributed by atoms with Gasteiger partial charge in [-0.15, -0.1) is 0 Å². The number of nitrogens with zero attached hydrogens (tertiary/aromatic N) is 1. The van der Waals surface area contributed by atoms with Crippen LogP contribution in [0.1, 0.15) is 44.6 Å². The fourth-order valence-corrected chi connectivity index (χ4v) is 3.01. The monoisotopic (exact) mass is 356 g/mol. The molecule has 1 amide bonds. The van der Waals surface area contributed by atoms with Gasteiger partial charge in [-0.3, -0.25) is 9.59 Å². The highest BCUT2D eigenvalue weighted by atomic mass is 16.5. The molecule has 0 unspecified atom stereocenters. The molecule has 0 spiro atoms. The van der Waals surface area contributed by atoms with Gasteiger partial charge in [-0.2, -0.15) is 5.26 Å². The predicted molar refractivity (Wildman–Crippen MR) is 97.3 cm³/mol. The number of carbonyl (C=O) groups excluding carboxylic acids is 1. The van der Waals surface area contributed by atoms with E-state index in [2.05, 4.69) is 12.2 Å². The van der Waals surface area contributed by atoms with E-state index >= 15 is 0 Å². The molecule has 6 nitrogen and oxygen atoms in total. The normalized spacial score (nSPS) is 20.1. The summed E-state index contributed by atoms with van der Waals surface area (Å²) in [4.78, 5) is 22.9. The van der Waals surface area contributed by atoms with Crippen LogP contribution in [0.5, 0.6) is 5.75 Å². The maximum Gasteiger partial charge on any atom is 0.306 e. The van der Waals surface area contributed by atoms with E-state index in [9.17, 15) is 14.9 Å². The van der Waals surface area contributed by atoms with Crippen LogP contribution in [-0.2, 0) is 9.59 Å². The van der Waals surface area contributed by atoms with Crippen molar-refractivity contribution >= 4 is 18.0 Å². The third kappa shape index (κ3) is 5.92. The molecule has 0 aliphatic heterocycles. The van der Waals surface area contributed by atoms with Crippen molar-refractivity contribution < 1.29 is 19.4 Å². The Bertz CT molecular complexity index is 704. The number of amides is 1. The first kappa shape index (κ1) is 19.5. The van der Waals surface area contributed by atoms with Gasteiger partial charge in [0.25, 0.3) is 5.91 Å². The Morgan fingerprint density at radius 1 is 1.31 bits per heavy atom. The summed E-state index contributed by atoms with van der Waals surface area (Å²) in [5, 5.41) is 20.9. The number of carbonyl (C=O) groups is 2. The standard InChI is InChI=1S/C20H24N2O4/c1-14-4-2-3-5-18(14)22-20(25)16(13-21)12-15-6-8-17(9-7-15)26-11-10-19(23)24/h6-9,12,14,18H,2-5,10-11H2,1H3,(H,22,25)(H,23,24)/b16-12+/t14-,18+/m0/s1. The maximum absolute atomic E-state index is 12.4. The van der Waals surface area contributed by atoms with E-state index < -0.39 is 5.97 Å². The number of carboxylic acid groups (broad SMARTS) is 1. The molecule has 2 atom stereocenters. The first-order valence-corrected chi connectivity index (χ1v) is 8.87. The summed E-state index contributed by atoms with van der Waals surface area (Å²) in [5.41, 5.74) is 0.779. The quantitative estimate of drug-likeness (QED) is 0.577. The summed E-state index contributed by atoms with van der Waals surface area (Å²) >= 11 is 0. The van der Waals surface area contributed by atoms with Crippen LogP contribution >= 0.6 is 0 Å². The minimum atomic E-state index is -0.915. The third-order valence-electron chi connectivity index (χ3n) is 4.57. The van der Waals surface area contributed by atoms with Crippen LogP contribution in [0.3, 0.4) is 0 Å². The fraction of sp³-hybridized carbons (Fsp3) is 0.450. The van der Waals surface area contributed by atoms with Gasteiger partial charge in [-0.05, 0) is 42.5 Å². The zero-order chi connectivity index (χ0) is 18.9. The van der Waals surface area contributed by atoms with Gasteiger partial charge in [0.2, 0.25) is 0 Å². The lowest BCUT2D eigenvalue weighted by atomic mass is 9.86. The first-order valence-electron chi connectivity index (χ1n) is 8.87. The van der Waals surface area contributed by atoms with Gasteiger partial charge in [0.15, 0.2) is 0 Å². The van der Waals surface area contributed by atoms with Gasteiger partial charge in [-0.1, -0.05) is 31.9 Å². The van der Waals surface area contributed by atoms with Crippen LogP contribution in [0.2, 0.25) is 0 Å². The van der Waals surface area contributed by atoms with Crippen molar-refractivity contribution in [1.82, 2.24) is 5.32 Å². The van der Waals surface area contributed by atoms with Crippen molar-refractivity contribution in [2.24, 2.45) is 5.92 Å². The number of nitriles is 1. The second kappa shape index (κ2) is 9.62. The molecule has 2 rings (SSSR count). The van der Waals surface area contributed by atoms with Crippen molar-refractivity contribution in [3.05, 3.63) is 35.4 Å². The molecular formula is C20H24N2O4. The molecule has 1 aromatic rings. The molecule has 1 saturated carbocycles. The lowest BCUT2D eigenvalue weighted by Gasteiger charge is -2.29. The first-order chi connectivity index (χ1) is 12.5. The van der Waals surface area contributed by atoms with E-state index in [1.807, 2.05) is 6.07 Å². The van der Waals surface area contributed by atoms with Crippen molar-refractivity contribution in [1.29, 1.82) is 5.26 Å². The minimum Gasteiger partial charge on any atom is -0.493 e. The molecule has 6 heteroatoms. The van der Waals surface area contributed by atoms with Crippen LogP contribution in [-0.4, -0.2) is 29.6 Å². The number of carboxylic acids is 1. The number of aliphatic carboxylic acids is 1. The molecule has 1 aliphatic carbocycles. The van der Waals surface area contributed by atoms with E-state index in [4.69, 9.17) is 9.84 Å². The fourth-order valence-electron chi connectivity index (χ4n) is 3.01. The van der Waals surface area contributed by atoms with Gasteiger partial charge in [-0.25, -0.2) is 0 Å². The van der Waals surface area contributed by atoms with Gasteiger partial charge in [0.05, 0.1) is 13.0 Å². The Morgan fingerprint density at radius 3 is 2.62 bits per heavy atom. The average molecular weight is 356 g/mol. The molecular weight excluding hydrogens is 332 g/mol. The minimum absolute atomic E-state index is 0.0694. The lowest BCUT2D eigenvalue weighted by Crippen LogP contribution is -2.41. The molecule has 138 valence electrons. The molecule has 0 radical (unpaired) electrons. The molecule has 1 aliphatic rings. The third-order valence-corrected chi connectivity index (χ3v) is 4.57. The molecule has 0 saturated heterocycles. The Labute approximate surface area is 153 Å². The Balaban J connectivity index is 1.97. The Morgan fingerprint density at radius 2 is 2.00 bits per heavy atom. The number of benzene rings is 1. The SMILES string of the molecule is C[C@H]1CCCC[C@H]1NC(=O)/C(C#N)=C/c1ccc(OCCC(=O)O)cc1. The number of hydrogen-bond donors (Lipinski definition) is 2. The zero-order valence-corrected chi connectivity index (χ0v) is 14.9. The predicted octanol–water partition coefficient (Wildman–Crippen LogP) is 3.14. The van der Waals surface area contributed by atoms with Crippen LogP contribution in [0.15, 0.2) is 29.8 Å². The Hall–Kier alpha value is -2.81. The second-order valence-corrected chi connectivity index (χ2v) is 6.57. The average Bonchev–Trinajstić information content (AvgIpc) is 2.62. The smallest absolute Gasteiger partial charge is 0.306 e. The molecule has 1 aromatic carbocycles. The summed E-state index contributed by atoms with van der Waals surface area (Å²) in [6.45, 7) is 2.22. The van der Waals surface area contributed by atoms with Crippen molar-refractivity contribution in [2.45, 2.75) is 45.1 Å². The summed E-state index contributed by atoms with van der Waals surface area (Å²) in [6.07, 6.45) is 5.82. The van der Waals surface area contributed by atoms with Gasteiger partial charge in [0.1, 0.15) is 17.4 Å². The molecule has 2 N–H and O–H groups in total. The number of nitrogens with one attached hydrogen (secondary N) is 1. The molecule has 0 heterocycles. The zero-order valence-electron chi connectivity index (χ0n) is 14.9. The van der Waals surface area contributed by atoms with Crippen LogP contribution < -0.4 is 10.1 Å². The van der Waals surface area contributed by atoms with E-state index in [0.717, 1.165) is 19.3 Å². The molecule has 0 bridgehead atoms. The van der Waals surface area contributed by atoms with E-state index in [1.165, 1.54) is 6.42 Å². The topological polar surface area (TPSA) is 99.4 Å².